The van der Waals surface area contributed by atoms with Gasteiger partial charge in [-0.1, -0.05) is 188 Å². The summed E-state index contributed by atoms with van der Waals surface area (Å²) in [5, 5.41) is 9.33. The summed E-state index contributed by atoms with van der Waals surface area (Å²) in [4.78, 5) is 15.8. The second-order valence-corrected chi connectivity index (χ2v) is 15.6. The Morgan fingerprint density at radius 2 is 0.770 bits per heavy atom. The van der Waals surface area contributed by atoms with Crippen LogP contribution in [0.15, 0.2) is 218 Å². The summed E-state index contributed by atoms with van der Waals surface area (Å²) < 4.78 is 2.48. The highest BCUT2D eigenvalue weighted by molar-refractivity contribution is 6.16. The lowest BCUT2D eigenvalue weighted by Crippen LogP contribution is -2.03. The fourth-order valence-corrected chi connectivity index (χ4v) is 9.05. The molecule has 61 heavy (non-hydrogen) atoms. The van der Waals surface area contributed by atoms with Gasteiger partial charge in [-0.05, 0) is 74.0 Å². The first-order valence-electron chi connectivity index (χ1n) is 20.7. The maximum absolute atomic E-state index is 5.34. The quantitative estimate of drug-likeness (QED) is 0.169. The average Bonchev–Trinajstić information content (AvgIpc) is 3.65. The van der Waals surface area contributed by atoms with Gasteiger partial charge in [-0.2, -0.15) is 0 Å². The van der Waals surface area contributed by atoms with Gasteiger partial charge in [0.05, 0.1) is 16.7 Å². The predicted molar refractivity (Wildman–Crippen MR) is 254 cm³/mol. The molecule has 2 heterocycles. The first-order chi connectivity index (χ1) is 30.2. The van der Waals surface area contributed by atoms with Crippen molar-refractivity contribution in [2.24, 2.45) is 0 Å². The monoisotopic (exact) mass is 776 g/mol. The number of hydrogen-bond acceptors (Lipinski definition) is 3. The molecular weight excluding hydrogens is 741 g/mol. The van der Waals surface area contributed by atoms with Crippen LogP contribution in [0.5, 0.6) is 0 Å². The summed E-state index contributed by atoms with van der Waals surface area (Å²) in [6.07, 6.45) is 0. The molecule has 0 spiro atoms. The molecule has 284 valence electrons. The van der Waals surface area contributed by atoms with Crippen molar-refractivity contribution in [3.8, 4) is 62.1 Å². The minimum Gasteiger partial charge on any atom is -0.308 e. The van der Waals surface area contributed by atoms with E-state index in [1.807, 2.05) is 18.2 Å². The summed E-state index contributed by atoms with van der Waals surface area (Å²) in [6, 6.07) is 77.8. The average molecular weight is 777 g/mol. The van der Waals surface area contributed by atoms with Gasteiger partial charge in [0.15, 0.2) is 17.5 Å². The van der Waals surface area contributed by atoms with Crippen molar-refractivity contribution in [1.29, 1.82) is 0 Å². The van der Waals surface area contributed by atoms with E-state index in [-0.39, 0.29) is 0 Å². The second kappa shape index (κ2) is 14.3. The molecule has 0 aliphatic carbocycles. The molecule has 0 atom stereocenters. The number of rotatable bonds is 6. The summed E-state index contributed by atoms with van der Waals surface area (Å²) in [5.41, 5.74) is 10.8. The third-order valence-corrected chi connectivity index (χ3v) is 12.0. The van der Waals surface area contributed by atoms with Gasteiger partial charge in [0.2, 0.25) is 0 Å². The fourth-order valence-electron chi connectivity index (χ4n) is 9.05. The molecule has 0 saturated heterocycles. The maximum atomic E-state index is 5.34. The number of aromatic nitrogens is 4. The molecule has 0 aliphatic rings. The highest BCUT2D eigenvalue weighted by Crippen LogP contribution is 2.44. The highest BCUT2D eigenvalue weighted by atomic mass is 15.0. The predicted octanol–water partition coefficient (Wildman–Crippen LogP) is 14.8. The minimum atomic E-state index is 0.620. The molecular formula is C57H36N4. The van der Waals surface area contributed by atoms with Crippen LogP contribution < -0.4 is 0 Å². The Hall–Kier alpha value is -8.21. The lowest BCUT2D eigenvalue weighted by atomic mass is 9.92. The van der Waals surface area contributed by atoms with Gasteiger partial charge in [0.25, 0.3) is 0 Å². The van der Waals surface area contributed by atoms with Crippen LogP contribution in [0.4, 0.5) is 0 Å². The molecule has 12 aromatic rings. The van der Waals surface area contributed by atoms with Gasteiger partial charge in [-0.25, -0.2) is 15.0 Å². The normalized spacial score (nSPS) is 11.6. The molecule has 2 aromatic heterocycles. The third kappa shape index (κ3) is 5.96. The van der Waals surface area contributed by atoms with Crippen molar-refractivity contribution >= 4 is 54.1 Å². The van der Waals surface area contributed by atoms with Crippen LogP contribution in [-0.2, 0) is 0 Å². The van der Waals surface area contributed by atoms with E-state index in [1.165, 1.54) is 38.1 Å². The number of benzene rings is 10. The first-order valence-corrected chi connectivity index (χ1v) is 20.7. The van der Waals surface area contributed by atoms with Crippen LogP contribution in [0.1, 0.15) is 0 Å². The number of nitrogens with zero attached hydrogens (tertiary/aromatic N) is 4. The summed E-state index contributed by atoms with van der Waals surface area (Å²) in [5.74, 6) is 1.88. The van der Waals surface area contributed by atoms with Crippen molar-refractivity contribution in [2.75, 3.05) is 0 Å². The van der Waals surface area contributed by atoms with Gasteiger partial charge >= 0.3 is 0 Å². The molecule has 12 rings (SSSR count). The number of para-hydroxylation sites is 1. The Balaban J connectivity index is 1.18. The van der Waals surface area contributed by atoms with Gasteiger partial charge < -0.3 is 4.57 Å². The van der Waals surface area contributed by atoms with E-state index in [4.69, 9.17) is 15.0 Å². The summed E-state index contributed by atoms with van der Waals surface area (Å²) in [7, 11) is 0. The van der Waals surface area contributed by atoms with Crippen LogP contribution in [0.25, 0.3) is 116 Å². The van der Waals surface area contributed by atoms with E-state index in [0.29, 0.717) is 17.5 Å². The second-order valence-electron chi connectivity index (χ2n) is 15.6. The van der Waals surface area contributed by atoms with Crippen molar-refractivity contribution < 1.29 is 0 Å². The van der Waals surface area contributed by atoms with E-state index < -0.39 is 0 Å². The lowest BCUT2D eigenvalue weighted by Gasteiger charge is -2.20. The molecule has 0 saturated carbocycles. The Kier molecular flexibility index (Phi) is 8.13. The van der Waals surface area contributed by atoms with Crippen LogP contribution in [0.3, 0.4) is 0 Å². The maximum Gasteiger partial charge on any atom is 0.164 e. The molecule has 4 heteroatoms. The van der Waals surface area contributed by atoms with E-state index in [2.05, 4.69) is 205 Å². The van der Waals surface area contributed by atoms with Crippen LogP contribution in [0.2, 0.25) is 0 Å². The molecule has 10 aromatic carbocycles. The van der Waals surface area contributed by atoms with Crippen molar-refractivity contribution in [3.05, 3.63) is 218 Å². The van der Waals surface area contributed by atoms with Gasteiger partial charge in [-0.15, -0.1) is 0 Å². The van der Waals surface area contributed by atoms with Crippen molar-refractivity contribution in [1.82, 2.24) is 19.5 Å². The standard InChI is InChI=1S/C57H36N4/c1-3-15-37(16-4-1)39-27-30-40(31-28-39)49-36-51(57-59-55(41-18-5-2-6-19-41)58-56(60-57)45-32-29-38-17-7-8-20-42(38)33-45)46-23-11-12-25-48(46)54(49)61-52-26-14-13-24-47(52)50-34-43-21-9-10-22-44(43)35-53(50)61/h1-36H. The van der Waals surface area contributed by atoms with Crippen molar-refractivity contribution in [2.45, 2.75) is 0 Å². The smallest absolute Gasteiger partial charge is 0.164 e. The van der Waals surface area contributed by atoms with Crippen LogP contribution in [0, 0.1) is 0 Å². The molecule has 0 aliphatic heterocycles. The minimum absolute atomic E-state index is 0.620. The zero-order valence-corrected chi connectivity index (χ0v) is 33.1. The topological polar surface area (TPSA) is 43.6 Å². The summed E-state index contributed by atoms with van der Waals surface area (Å²) in [6.45, 7) is 0. The molecule has 0 amide bonds. The molecule has 0 unspecified atom stereocenters. The molecule has 0 bridgehead atoms. The Morgan fingerprint density at radius 3 is 1.51 bits per heavy atom. The SMILES string of the molecule is c1ccc(-c2ccc(-c3cc(-c4nc(-c5ccccc5)nc(-c5ccc6ccccc6c5)n4)c4ccccc4c3-n3c4ccccc4c4cc5ccccc5cc43)cc2)cc1. The highest BCUT2D eigenvalue weighted by Gasteiger charge is 2.23. The molecule has 4 nitrogen and oxygen atoms in total. The Morgan fingerprint density at radius 1 is 0.262 bits per heavy atom. The Bertz CT molecular complexity index is 3630. The fraction of sp³-hybridized carbons (Fsp3) is 0. The van der Waals surface area contributed by atoms with Gasteiger partial charge in [0.1, 0.15) is 0 Å². The third-order valence-electron chi connectivity index (χ3n) is 12.0. The lowest BCUT2D eigenvalue weighted by molar-refractivity contribution is 1.08. The van der Waals surface area contributed by atoms with Gasteiger partial charge in [0, 0.05) is 38.4 Å². The van der Waals surface area contributed by atoms with Crippen LogP contribution >= 0.6 is 0 Å². The van der Waals surface area contributed by atoms with Crippen LogP contribution in [-0.4, -0.2) is 19.5 Å². The van der Waals surface area contributed by atoms with E-state index in [0.717, 1.165) is 60.7 Å². The molecule has 0 fully saturated rings. The van der Waals surface area contributed by atoms with E-state index in [1.54, 1.807) is 0 Å². The molecule has 0 N–H and O–H groups in total. The Labute approximate surface area is 352 Å². The number of hydrogen-bond donors (Lipinski definition) is 0. The van der Waals surface area contributed by atoms with Crippen molar-refractivity contribution in [3.63, 3.8) is 0 Å². The van der Waals surface area contributed by atoms with E-state index in [9.17, 15) is 0 Å². The van der Waals surface area contributed by atoms with Gasteiger partial charge in [-0.3, -0.25) is 0 Å². The summed E-state index contributed by atoms with van der Waals surface area (Å²) >= 11 is 0. The van der Waals surface area contributed by atoms with E-state index >= 15 is 0 Å². The number of fused-ring (bicyclic) bond motifs is 6. The first kappa shape index (κ1) is 34.8. The zero-order valence-electron chi connectivity index (χ0n) is 33.1. The molecule has 0 radical (unpaired) electrons. The largest absolute Gasteiger partial charge is 0.308 e. The zero-order chi connectivity index (χ0) is 40.3.